The molecule has 0 spiro atoms. The van der Waals surface area contributed by atoms with Gasteiger partial charge in [-0.1, -0.05) is 37.1 Å². The number of rotatable bonds is 8. The number of allylic oxidation sites excluding steroid dienone is 2. The van der Waals surface area contributed by atoms with E-state index in [0.717, 1.165) is 58.4 Å². The van der Waals surface area contributed by atoms with E-state index in [1.807, 2.05) is 12.2 Å². The van der Waals surface area contributed by atoms with Gasteiger partial charge in [0.2, 0.25) is 5.91 Å². The lowest BCUT2D eigenvalue weighted by atomic mass is 9.63. The number of likely N-dealkylation sites (tertiary alicyclic amines) is 1. The SMILES string of the molecule is NC(=O)C1C=CC=CC1(C1CCC(CCN2CCC(C(=O)c3ccc(F)cc3)CC2)CC1)N1CCOCC1. The molecule has 0 aromatic heterocycles. The van der Waals surface area contributed by atoms with Crippen LogP contribution in [0.3, 0.4) is 0 Å². The Balaban J connectivity index is 1.12. The zero-order chi connectivity index (χ0) is 26.5. The number of nitrogens with zero attached hydrogens (tertiary/aromatic N) is 2. The number of amides is 1. The summed E-state index contributed by atoms with van der Waals surface area (Å²) in [6.07, 6.45) is 15.8. The third-order valence-electron chi connectivity index (χ3n) is 9.58. The predicted octanol–water partition coefficient (Wildman–Crippen LogP) is 4.22. The largest absolute Gasteiger partial charge is 0.379 e. The fourth-order valence-corrected chi connectivity index (χ4v) is 7.41. The predicted molar refractivity (Wildman–Crippen MR) is 146 cm³/mol. The molecule has 2 aliphatic heterocycles. The molecule has 1 amide bonds. The Kier molecular flexibility index (Phi) is 8.76. The van der Waals surface area contributed by atoms with Crippen LogP contribution >= 0.6 is 0 Å². The molecule has 2 N–H and O–H groups in total. The number of piperidine rings is 1. The average molecular weight is 524 g/mol. The molecule has 2 aliphatic carbocycles. The Morgan fingerprint density at radius 1 is 0.947 bits per heavy atom. The van der Waals surface area contributed by atoms with E-state index >= 15 is 0 Å². The van der Waals surface area contributed by atoms with Crippen LogP contribution in [-0.2, 0) is 9.53 Å². The molecule has 2 saturated heterocycles. The quantitative estimate of drug-likeness (QED) is 0.517. The van der Waals surface area contributed by atoms with Crippen LogP contribution in [0.1, 0.15) is 55.3 Å². The van der Waals surface area contributed by atoms with Gasteiger partial charge >= 0.3 is 0 Å². The van der Waals surface area contributed by atoms with E-state index in [2.05, 4.69) is 22.0 Å². The van der Waals surface area contributed by atoms with E-state index in [4.69, 9.17) is 10.5 Å². The van der Waals surface area contributed by atoms with Gasteiger partial charge in [-0.3, -0.25) is 14.5 Å². The van der Waals surface area contributed by atoms with Gasteiger partial charge in [0.05, 0.1) is 24.7 Å². The van der Waals surface area contributed by atoms with Gasteiger partial charge in [-0.25, -0.2) is 4.39 Å². The van der Waals surface area contributed by atoms with Gasteiger partial charge in [-0.15, -0.1) is 0 Å². The van der Waals surface area contributed by atoms with Crippen molar-refractivity contribution < 1.29 is 18.7 Å². The number of carbonyl (C=O) groups excluding carboxylic acids is 2. The zero-order valence-corrected chi connectivity index (χ0v) is 22.4. The van der Waals surface area contributed by atoms with Gasteiger partial charge in [0, 0.05) is 24.6 Å². The van der Waals surface area contributed by atoms with Crippen molar-refractivity contribution in [2.24, 2.45) is 29.4 Å². The lowest BCUT2D eigenvalue weighted by Crippen LogP contribution is -2.63. The summed E-state index contributed by atoms with van der Waals surface area (Å²) in [4.78, 5) is 30.4. The molecule has 1 aromatic carbocycles. The van der Waals surface area contributed by atoms with Gasteiger partial charge < -0.3 is 15.4 Å². The van der Waals surface area contributed by atoms with Crippen molar-refractivity contribution in [1.82, 2.24) is 9.80 Å². The molecule has 3 fully saturated rings. The van der Waals surface area contributed by atoms with Crippen molar-refractivity contribution in [1.29, 1.82) is 0 Å². The third-order valence-corrected chi connectivity index (χ3v) is 9.58. The number of nitrogens with two attached hydrogens (primary N) is 1. The fourth-order valence-electron chi connectivity index (χ4n) is 7.41. The lowest BCUT2D eigenvalue weighted by molar-refractivity contribution is -0.128. The van der Waals surface area contributed by atoms with Gasteiger partial charge in [-0.05, 0) is 87.8 Å². The molecular weight excluding hydrogens is 481 g/mol. The first-order valence-corrected chi connectivity index (χ1v) is 14.5. The maximum Gasteiger partial charge on any atom is 0.226 e. The van der Waals surface area contributed by atoms with Crippen molar-refractivity contribution in [2.45, 2.75) is 50.5 Å². The van der Waals surface area contributed by atoms with Crippen LogP contribution in [0.4, 0.5) is 4.39 Å². The molecule has 2 unspecified atom stereocenters. The van der Waals surface area contributed by atoms with E-state index in [-0.39, 0.29) is 34.9 Å². The molecule has 7 heteroatoms. The molecular formula is C31H42FN3O3. The standard InChI is InChI=1S/C31H42FN3O3/c32-27-10-6-24(7-11-27)29(36)25-13-17-34(18-14-25)16-12-23-4-8-26(9-5-23)31(35-19-21-38-22-20-35)15-2-1-3-28(31)30(33)37/h1-3,6-7,10-11,15,23,25-26,28H,4-5,8-9,12-14,16-22H2,(H2,33,37). The number of carbonyl (C=O) groups is 2. The average Bonchev–Trinajstić information content (AvgIpc) is 2.97. The number of benzene rings is 1. The van der Waals surface area contributed by atoms with Crippen molar-refractivity contribution in [3.63, 3.8) is 0 Å². The Hall–Kier alpha value is -2.35. The summed E-state index contributed by atoms with van der Waals surface area (Å²) in [6, 6.07) is 5.95. The summed E-state index contributed by atoms with van der Waals surface area (Å²) < 4.78 is 18.8. The Morgan fingerprint density at radius 2 is 1.63 bits per heavy atom. The highest BCUT2D eigenvalue weighted by Gasteiger charge is 2.50. The first-order chi connectivity index (χ1) is 18.5. The summed E-state index contributed by atoms with van der Waals surface area (Å²) in [5.74, 6) is 0.454. The van der Waals surface area contributed by atoms with Gasteiger partial charge in [0.15, 0.2) is 5.78 Å². The smallest absolute Gasteiger partial charge is 0.226 e. The van der Waals surface area contributed by atoms with Gasteiger partial charge in [0.25, 0.3) is 0 Å². The first-order valence-electron chi connectivity index (χ1n) is 14.5. The third kappa shape index (κ3) is 5.80. The van der Waals surface area contributed by atoms with Crippen LogP contribution in [0.15, 0.2) is 48.6 Å². The number of ketones is 1. The van der Waals surface area contributed by atoms with Crippen LogP contribution < -0.4 is 5.73 Å². The minimum absolute atomic E-state index is 0.0410. The lowest BCUT2D eigenvalue weighted by Gasteiger charge is -2.53. The highest BCUT2D eigenvalue weighted by atomic mass is 19.1. The molecule has 2 atom stereocenters. The van der Waals surface area contributed by atoms with Crippen LogP contribution in [-0.4, -0.2) is 73.0 Å². The molecule has 6 nitrogen and oxygen atoms in total. The molecule has 1 aromatic rings. The Morgan fingerprint density at radius 3 is 2.29 bits per heavy atom. The van der Waals surface area contributed by atoms with Crippen LogP contribution in [0.25, 0.3) is 0 Å². The first kappa shape index (κ1) is 27.2. The second-order valence-electron chi connectivity index (χ2n) is 11.6. The molecule has 5 rings (SSSR count). The maximum absolute atomic E-state index is 13.2. The number of halogens is 1. The van der Waals surface area contributed by atoms with Crippen LogP contribution in [0.5, 0.6) is 0 Å². The summed E-state index contributed by atoms with van der Waals surface area (Å²) in [5.41, 5.74) is 6.24. The Labute approximate surface area is 226 Å². The number of morpholine rings is 1. The van der Waals surface area contributed by atoms with Crippen LogP contribution in [0, 0.1) is 29.5 Å². The van der Waals surface area contributed by atoms with E-state index < -0.39 is 0 Å². The zero-order valence-electron chi connectivity index (χ0n) is 22.4. The van der Waals surface area contributed by atoms with Crippen molar-refractivity contribution in [3.05, 3.63) is 60.0 Å². The Bertz CT molecular complexity index is 1020. The fraction of sp³-hybridized carbons (Fsp3) is 0.613. The van der Waals surface area contributed by atoms with Crippen molar-refractivity contribution in [2.75, 3.05) is 45.9 Å². The monoisotopic (exact) mass is 523 g/mol. The van der Waals surface area contributed by atoms with Gasteiger partial charge in [0.1, 0.15) is 5.82 Å². The highest BCUT2D eigenvalue weighted by molar-refractivity contribution is 5.97. The summed E-state index contributed by atoms with van der Waals surface area (Å²) >= 11 is 0. The van der Waals surface area contributed by atoms with Crippen molar-refractivity contribution in [3.8, 4) is 0 Å². The number of hydrogen-bond acceptors (Lipinski definition) is 5. The summed E-state index contributed by atoms with van der Waals surface area (Å²) in [6.45, 7) is 6.05. The minimum Gasteiger partial charge on any atom is -0.379 e. The van der Waals surface area contributed by atoms with E-state index in [1.165, 1.54) is 31.4 Å². The number of ether oxygens (including phenoxy) is 1. The molecule has 2 heterocycles. The van der Waals surface area contributed by atoms with Crippen molar-refractivity contribution >= 4 is 11.7 Å². The van der Waals surface area contributed by atoms with Gasteiger partial charge in [-0.2, -0.15) is 0 Å². The molecule has 206 valence electrons. The highest BCUT2D eigenvalue weighted by Crippen LogP contribution is 2.46. The second-order valence-corrected chi connectivity index (χ2v) is 11.6. The molecule has 0 radical (unpaired) electrons. The minimum atomic E-state index is -0.339. The molecule has 1 saturated carbocycles. The normalized spacial score (nSPS) is 31.3. The maximum atomic E-state index is 13.2. The summed E-state index contributed by atoms with van der Waals surface area (Å²) in [5, 5.41) is 0. The second kappa shape index (κ2) is 12.2. The number of primary amides is 1. The number of hydrogen-bond donors (Lipinski definition) is 1. The molecule has 4 aliphatic rings. The topological polar surface area (TPSA) is 75.9 Å². The number of Topliss-reactive ketones (excluding diaryl/α,β-unsaturated/α-hetero) is 1. The van der Waals surface area contributed by atoms with E-state index in [0.29, 0.717) is 30.6 Å². The summed E-state index contributed by atoms with van der Waals surface area (Å²) in [7, 11) is 0. The van der Waals surface area contributed by atoms with Crippen LogP contribution in [0.2, 0.25) is 0 Å². The molecule has 38 heavy (non-hydrogen) atoms. The molecule has 0 bridgehead atoms. The van der Waals surface area contributed by atoms with E-state index in [1.54, 1.807) is 12.1 Å². The van der Waals surface area contributed by atoms with E-state index in [9.17, 15) is 14.0 Å².